The van der Waals surface area contributed by atoms with Crippen LogP contribution >= 0.6 is 0 Å². The SMILES string of the molecule is C/C(CC(C)C)=N/NC(=O)c1ccc(C)c([N+](=O)[O-])c1. The second kappa shape index (κ2) is 6.79. The number of benzene rings is 1. The van der Waals surface area contributed by atoms with Gasteiger partial charge in [0.1, 0.15) is 0 Å². The maximum atomic E-state index is 11.9. The van der Waals surface area contributed by atoms with Crippen LogP contribution in [0.5, 0.6) is 0 Å². The van der Waals surface area contributed by atoms with E-state index in [2.05, 4.69) is 24.4 Å². The number of nitro benzene ring substituents is 1. The summed E-state index contributed by atoms with van der Waals surface area (Å²) in [6.45, 7) is 7.58. The van der Waals surface area contributed by atoms with Crippen molar-refractivity contribution in [3.05, 3.63) is 39.4 Å². The van der Waals surface area contributed by atoms with Gasteiger partial charge in [-0.25, -0.2) is 5.43 Å². The van der Waals surface area contributed by atoms with Crippen molar-refractivity contribution in [1.29, 1.82) is 0 Å². The van der Waals surface area contributed by atoms with Gasteiger partial charge in [-0.2, -0.15) is 5.10 Å². The first-order valence-electron chi connectivity index (χ1n) is 6.39. The van der Waals surface area contributed by atoms with E-state index >= 15 is 0 Å². The number of nitrogens with one attached hydrogen (secondary N) is 1. The van der Waals surface area contributed by atoms with Gasteiger partial charge < -0.3 is 0 Å². The Morgan fingerprint density at radius 2 is 2.10 bits per heavy atom. The van der Waals surface area contributed by atoms with Crippen LogP contribution < -0.4 is 5.43 Å². The minimum Gasteiger partial charge on any atom is -0.267 e. The summed E-state index contributed by atoms with van der Waals surface area (Å²) >= 11 is 0. The molecule has 1 N–H and O–H groups in total. The molecule has 0 aliphatic carbocycles. The Morgan fingerprint density at radius 1 is 1.45 bits per heavy atom. The van der Waals surface area contributed by atoms with E-state index in [0.29, 0.717) is 11.5 Å². The molecule has 0 aliphatic rings. The van der Waals surface area contributed by atoms with E-state index in [1.807, 2.05) is 6.92 Å². The van der Waals surface area contributed by atoms with Crippen LogP contribution in [0.15, 0.2) is 23.3 Å². The van der Waals surface area contributed by atoms with Crippen molar-refractivity contribution in [2.75, 3.05) is 0 Å². The summed E-state index contributed by atoms with van der Waals surface area (Å²) in [6.07, 6.45) is 0.786. The van der Waals surface area contributed by atoms with Gasteiger partial charge in [0.2, 0.25) is 0 Å². The molecule has 0 fully saturated rings. The molecule has 1 aromatic carbocycles. The average Bonchev–Trinajstić information content (AvgIpc) is 2.35. The zero-order valence-electron chi connectivity index (χ0n) is 12.1. The van der Waals surface area contributed by atoms with Gasteiger partial charge in [-0.1, -0.05) is 19.9 Å². The highest BCUT2D eigenvalue weighted by Gasteiger charge is 2.14. The second-order valence-corrected chi connectivity index (χ2v) is 5.14. The smallest absolute Gasteiger partial charge is 0.267 e. The third kappa shape index (κ3) is 4.46. The highest BCUT2D eigenvalue weighted by molar-refractivity contribution is 5.95. The van der Waals surface area contributed by atoms with Gasteiger partial charge in [0.05, 0.1) is 4.92 Å². The van der Waals surface area contributed by atoms with Gasteiger partial charge in [0.25, 0.3) is 11.6 Å². The minimum atomic E-state index is -0.501. The molecule has 0 aromatic heterocycles. The van der Waals surface area contributed by atoms with Crippen molar-refractivity contribution in [3.8, 4) is 0 Å². The number of hydrogen-bond acceptors (Lipinski definition) is 4. The molecule has 1 rings (SSSR count). The number of aryl methyl sites for hydroxylation is 1. The lowest BCUT2D eigenvalue weighted by molar-refractivity contribution is -0.385. The first-order chi connectivity index (χ1) is 9.31. The van der Waals surface area contributed by atoms with E-state index in [4.69, 9.17) is 0 Å². The summed E-state index contributed by atoms with van der Waals surface area (Å²) in [5.74, 6) is 0.00678. The van der Waals surface area contributed by atoms with Crippen molar-refractivity contribution in [2.45, 2.75) is 34.1 Å². The van der Waals surface area contributed by atoms with E-state index in [1.54, 1.807) is 19.1 Å². The lowest BCUT2D eigenvalue weighted by atomic mass is 10.1. The molecule has 1 amide bonds. The van der Waals surface area contributed by atoms with Crippen LogP contribution in [0.3, 0.4) is 0 Å². The number of amides is 1. The highest BCUT2D eigenvalue weighted by atomic mass is 16.6. The Balaban J connectivity index is 2.83. The Morgan fingerprint density at radius 3 is 2.65 bits per heavy atom. The molecule has 6 nitrogen and oxygen atoms in total. The maximum absolute atomic E-state index is 11.9. The van der Waals surface area contributed by atoms with E-state index < -0.39 is 10.8 Å². The summed E-state index contributed by atoms with van der Waals surface area (Å²) in [5.41, 5.74) is 3.91. The summed E-state index contributed by atoms with van der Waals surface area (Å²) < 4.78 is 0. The van der Waals surface area contributed by atoms with Gasteiger partial charge in [0.15, 0.2) is 0 Å². The quantitative estimate of drug-likeness (QED) is 0.510. The van der Waals surface area contributed by atoms with Crippen LogP contribution in [0.25, 0.3) is 0 Å². The molecule has 0 radical (unpaired) electrons. The number of carbonyl (C=O) groups is 1. The molecule has 20 heavy (non-hydrogen) atoms. The molecular weight excluding hydrogens is 258 g/mol. The second-order valence-electron chi connectivity index (χ2n) is 5.14. The Hall–Kier alpha value is -2.24. The standard InChI is InChI=1S/C14H19N3O3/c1-9(2)7-11(4)15-16-14(18)12-6-5-10(3)13(8-12)17(19)20/h5-6,8-9H,7H2,1-4H3,(H,16,18)/b15-11-. The van der Waals surface area contributed by atoms with E-state index in [1.165, 1.54) is 6.07 Å². The number of nitro groups is 1. The molecule has 0 saturated carbocycles. The Bertz CT molecular complexity index is 551. The monoisotopic (exact) mass is 277 g/mol. The molecule has 0 unspecified atom stereocenters. The predicted octanol–water partition coefficient (Wildman–Crippen LogP) is 3.06. The lowest BCUT2D eigenvalue weighted by Gasteiger charge is -2.05. The molecule has 0 saturated heterocycles. The van der Waals surface area contributed by atoms with Crippen LogP contribution in [0, 0.1) is 23.0 Å². The zero-order valence-corrected chi connectivity index (χ0v) is 12.1. The van der Waals surface area contributed by atoms with E-state index in [0.717, 1.165) is 12.1 Å². The van der Waals surface area contributed by atoms with Crippen LogP contribution in [0.4, 0.5) is 5.69 Å². The van der Waals surface area contributed by atoms with Crippen molar-refractivity contribution < 1.29 is 9.72 Å². The molecule has 0 atom stereocenters. The molecule has 0 aliphatic heterocycles. The minimum absolute atomic E-state index is 0.0690. The first-order valence-corrected chi connectivity index (χ1v) is 6.39. The largest absolute Gasteiger partial charge is 0.273 e. The van der Waals surface area contributed by atoms with Crippen molar-refractivity contribution in [2.24, 2.45) is 11.0 Å². The number of rotatable bonds is 5. The van der Waals surface area contributed by atoms with E-state index in [-0.39, 0.29) is 11.3 Å². The van der Waals surface area contributed by atoms with Gasteiger partial charge in [-0.3, -0.25) is 14.9 Å². The van der Waals surface area contributed by atoms with Gasteiger partial charge in [-0.15, -0.1) is 0 Å². The molecule has 0 heterocycles. The number of hydrogen-bond donors (Lipinski definition) is 1. The highest BCUT2D eigenvalue weighted by Crippen LogP contribution is 2.19. The van der Waals surface area contributed by atoms with Crippen molar-refractivity contribution in [1.82, 2.24) is 5.43 Å². The van der Waals surface area contributed by atoms with E-state index in [9.17, 15) is 14.9 Å². The molecular formula is C14H19N3O3. The summed E-state index contributed by atoms with van der Waals surface area (Å²) in [5, 5.41) is 14.8. The predicted molar refractivity (Wildman–Crippen MR) is 77.9 cm³/mol. The normalized spacial score (nSPS) is 11.6. The Labute approximate surface area is 118 Å². The molecule has 0 bridgehead atoms. The van der Waals surface area contributed by atoms with Crippen LogP contribution in [0.2, 0.25) is 0 Å². The van der Waals surface area contributed by atoms with Crippen LogP contribution in [-0.4, -0.2) is 16.5 Å². The van der Waals surface area contributed by atoms with Crippen molar-refractivity contribution >= 4 is 17.3 Å². The van der Waals surface area contributed by atoms with Gasteiger partial charge in [-0.05, 0) is 32.3 Å². The summed E-state index contributed by atoms with van der Waals surface area (Å²) in [4.78, 5) is 22.2. The first kappa shape index (κ1) is 15.8. The van der Waals surface area contributed by atoms with Crippen molar-refractivity contribution in [3.63, 3.8) is 0 Å². The fraction of sp³-hybridized carbons (Fsp3) is 0.429. The third-order valence-electron chi connectivity index (χ3n) is 2.72. The average molecular weight is 277 g/mol. The number of carbonyl (C=O) groups excluding carboxylic acids is 1. The van der Waals surface area contributed by atoms with Crippen LogP contribution in [-0.2, 0) is 0 Å². The molecule has 1 aromatic rings. The molecule has 108 valence electrons. The Kier molecular flexibility index (Phi) is 5.37. The molecule has 6 heteroatoms. The maximum Gasteiger partial charge on any atom is 0.273 e. The fourth-order valence-electron chi connectivity index (χ4n) is 1.79. The summed E-state index contributed by atoms with van der Waals surface area (Å²) in [7, 11) is 0. The topological polar surface area (TPSA) is 84.6 Å². The van der Waals surface area contributed by atoms with Crippen LogP contribution in [0.1, 0.15) is 43.1 Å². The zero-order chi connectivity index (χ0) is 15.3. The third-order valence-corrected chi connectivity index (χ3v) is 2.72. The number of hydrazone groups is 1. The fourth-order valence-corrected chi connectivity index (χ4v) is 1.79. The van der Waals surface area contributed by atoms with Gasteiger partial charge in [0, 0.05) is 22.9 Å². The summed E-state index contributed by atoms with van der Waals surface area (Å²) in [6, 6.07) is 4.36. The lowest BCUT2D eigenvalue weighted by Crippen LogP contribution is -2.19. The number of nitrogens with zero attached hydrogens (tertiary/aromatic N) is 2. The molecule has 0 spiro atoms. The van der Waals surface area contributed by atoms with Gasteiger partial charge >= 0.3 is 0 Å².